The Labute approximate surface area is 79.2 Å². The maximum Gasteiger partial charge on any atom is 0.107 e. The van der Waals surface area contributed by atoms with Crippen molar-refractivity contribution < 1.29 is 0 Å². The van der Waals surface area contributed by atoms with Crippen LogP contribution in [0.2, 0.25) is 0 Å². The van der Waals surface area contributed by atoms with Crippen LogP contribution in [0.4, 0.5) is 0 Å². The number of rotatable bonds is 3. The van der Waals surface area contributed by atoms with Crippen LogP contribution >= 0.6 is 27.3 Å². The first-order chi connectivity index (χ1) is 5.18. The third kappa shape index (κ3) is 3.31. The van der Waals surface area contributed by atoms with Crippen molar-refractivity contribution in [2.75, 3.05) is 0 Å². The normalized spacial score (nSPS) is 10.9. The Morgan fingerprint density at radius 3 is 2.91 bits per heavy atom. The van der Waals surface area contributed by atoms with E-state index in [-0.39, 0.29) is 0 Å². The summed E-state index contributed by atoms with van der Waals surface area (Å²) in [4.78, 5) is 4.20. The summed E-state index contributed by atoms with van der Waals surface area (Å²) in [7, 11) is 0. The number of aromatic nitrogens is 1. The van der Waals surface area contributed by atoms with E-state index in [0.29, 0.717) is 6.04 Å². The smallest absolute Gasteiger partial charge is 0.107 e. The largest absolute Gasteiger partial charge is 0.308 e. The van der Waals surface area contributed by atoms with Crippen molar-refractivity contribution in [1.29, 1.82) is 0 Å². The average molecular weight is 235 g/mol. The molecule has 62 valence electrons. The molecule has 0 saturated heterocycles. The lowest BCUT2D eigenvalue weighted by Gasteiger charge is -2.03. The van der Waals surface area contributed by atoms with Gasteiger partial charge in [-0.05, 0) is 15.9 Å². The third-order valence-electron chi connectivity index (χ3n) is 1.19. The van der Waals surface area contributed by atoms with Gasteiger partial charge in [0.25, 0.3) is 0 Å². The van der Waals surface area contributed by atoms with E-state index in [1.165, 1.54) is 0 Å². The van der Waals surface area contributed by atoms with Crippen molar-refractivity contribution in [3.63, 3.8) is 0 Å². The fourth-order valence-corrected chi connectivity index (χ4v) is 1.92. The highest BCUT2D eigenvalue weighted by molar-refractivity contribution is 9.11. The molecule has 0 aromatic carbocycles. The average Bonchev–Trinajstić information content (AvgIpc) is 2.31. The Hall–Kier alpha value is 0.0700. The van der Waals surface area contributed by atoms with Crippen molar-refractivity contribution in [1.82, 2.24) is 10.3 Å². The molecule has 1 N–H and O–H groups in total. The monoisotopic (exact) mass is 234 g/mol. The number of nitrogens with one attached hydrogen (secondary N) is 1. The summed E-state index contributed by atoms with van der Waals surface area (Å²) in [5.41, 5.74) is 0. The molecule has 4 heteroatoms. The predicted molar refractivity (Wildman–Crippen MR) is 51.8 cm³/mol. The van der Waals surface area contributed by atoms with Crippen LogP contribution in [0.5, 0.6) is 0 Å². The Bertz CT molecular complexity index is 222. The van der Waals surface area contributed by atoms with Gasteiger partial charge >= 0.3 is 0 Å². The van der Waals surface area contributed by atoms with E-state index in [2.05, 4.69) is 40.1 Å². The van der Waals surface area contributed by atoms with Gasteiger partial charge in [0, 0.05) is 12.6 Å². The fourth-order valence-electron chi connectivity index (χ4n) is 0.661. The van der Waals surface area contributed by atoms with Gasteiger partial charge in [0.05, 0.1) is 9.98 Å². The molecule has 0 aliphatic heterocycles. The van der Waals surface area contributed by atoms with Crippen molar-refractivity contribution in [2.24, 2.45) is 0 Å². The number of thiazole rings is 1. The molecule has 1 aromatic heterocycles. The van der Waals surface area contributed by atoms with Gasteiger partial charge in [0.15, 0.2) is 0 Å². The minimum absolute atomic E-state index is 0.526. The zero-order valence-electron chi connectivity index (χ0n) is 6.60. The summed E-state index contributed by atoms with van der Waals surface area (Å²) in [6.45, 7) is 5.12. The zero-order chi connectivity index (χ0) is 8.27. The molecule has 0 saturated carbocycles. The topological polar surface area (TPSA) is 24.9 Å². The van der Waals surface area contributed by atoms with Crippen LogP contribution < -0.4 is 5.32 Å². The summed E-state index contributed by atoms with van der Waals surface area (Å²) >= 11 is 5.04. The Morgan fingerprint density at radius 1 is 1.73 bits per heavy atom. The van der Waals surface area contributed by atoms with Crippen molar-refractivity contribution in [3.8, 4) is 0 Å². The van der Waals surface area contributed by atoms with Gasteiger partial charge in [0.1, 0.15) is 5.01 Å². The Balaban J connectivity index is 2.39. The van der Waals surface area contributed by atoms with E-state index >= 15 is 0 Å². The summed E-state index contributed by atoms with van der Waals surface area (Å²) in [5, 5.41) is 4.43. The second kappa shape index (κ2) is 4.18. The summed E-state index contributed by atoms with van der Waals surface area (Å²) in [6, 6.07) is 0.526. The van der Waals surface area contributed by atoms with Gasteiger partial charge in [-0.1, -0.05) is 13.8 Å². The molecule has 1 rings (SSSR count). The van der Waals surface area contributed by atoms with Crippen LogP contribution in [0.25, 0.3) is 0 Å². The third-order valence-corrected chi connectivity index (χ3v) is 2.66. The highest BCUT2D eigenvalue weighted by Crippen LogP contribution is 2.18. The maximum absolute atomic E-state index is 4.20. The minimum Gasteiger partial charge on any atom is -0.308 e. The molecule has 1 heterocycles. The summed E-state index contributed by atoms with van der Waals surface area (Å²) < 4.78 is 1.10. The first kappa shape index (κ1) is 9.16. The SMILES string of the molecule is CC(C)NCc1ncc(Br)s1. The highest BCUT2D eigenvalue weighted by atomic mass is 79.9. The predicted octanol–water partition coefficient (Wildman–Crippen LogP) is 2.40. The lowest BCUT2D eigenvalue weighted by atomic mass is 10.4. The number of hydrogen-bond acceptors (Lipinski definition) is 3. The van der Waals surface area contributed by atoms with E-state index in [4.69, 9.17) is 0 Å². The van der Waals surface area contributed by atoms with Crippen LogP contribution in [0.15, 0.2) is 9.98 Å². The minimum atomic E-state index is 0.526. The molecule has 0 spiro atoms. The number of halogens is 1. The van der Waals surface area contributed by atoms with E-state index in [1.54, 1.807) is 11.3 Å². The van der Waals surface area contributed by atoms with Crippen molar-refractivity contribution in [3.05, 3.63) is 15.0 Å². The quantitative estimate of drug-likeness (QED) is 0.870. The molecule has 0 bridgehead atoms. The van der Waals surface area contributed by atoms with E-state index in [9.17, 15) is 0 Å². The summed E-state index contributed by atoms with van der Waals surface area (Å²) in [6.07, 6.45) is 1.84. The van der Waals surface area contributed by atoms with Gasteiger partial charge in [0.2, 0.25) is 0 Å². The van der Waals surface area contributed by atoms with E-state index < -0.39 is 0 Å². The van der Waals surface area contributed by atoms with Crippen LogP contribution in [0.3, 0.4) is 0 Å². The second-order valence-corrected chi connectivity index (χ2v) is 5.09. The first-order valence-electron chi connectivity index (χ1n) is 3.52. The van der Waals surface area contributed by atoms with Gasteiger partial charge in [-0.15, -0.1) is 11.3 Å². The molecule has 2 nitrogen and oxygen atoms in total. The number of hydrogen-bond donors (Lipinski definition) is 1. The van der Waals surface area contributed by atoms with Gasteiger partial charge < -0.3 is 5.32 Å². The molecular formula is C7H11BrN2S. The van der Waals surface area contributed by atoms with Crippen molar-refractivity contribution >= 4 is 27.3 Å². The van der Waals surface area contributed by atoms with Crippen LogP contribution in [0.1, 0.15) is 18.9 Å². The maximum atomic E-state index is 4.20. The lowest BCUT2D eigenvalue weighted by Crippen LogP contribution is -2.21. The molecule has 0 radical (unpaired) electrons. The van der Waals surface area contributed by atoms with Gasteiger partial charge in [-0.3, -0.25) is 0 Å². The van der Waals surface area contributed by atoms with Crippen LogP contribution in [-0.4, -0.2) is 11.0 Å². The molecule has 0 unspecified atom stereocenters. The molecule has 0 amide bonds. The van der Waals surface area contributed by atoms with Crippen LogP contribution in [0, 0.1) is 0 Å². The Morgan fingerprint density at radius 2 is 2.45 bits per heavy atom. The number of nitrogens with zero attached hydrogens (tertiary/aromatic N) is 1. The van der Waals surface area contributed by atoms with E-state index in [0.717, 1.165) is 15.3 Å². The molecule has 11 heavy (non-hydrogen) atoms. The van der Waals surface area contributed by atoms with Crippen molar-refractivity contribution in [2.45, 2.75) is 26.4 Å². The van der Waals surface area contributed by atoms with Gasteiger partial charge in [-0.2, -0.15) is 0 Å². The molecule has 0 aliphatic rings. The first-order valence-corrected chi connectivity index (χ1v) is 5.13. The molecule has 0 fully saturated rings. The molecule has 1 aromatic rings. The Kier molecular flexibility index (Phi) is 3.48. The lowest BCUT2D eigenvalue weighted by molar-refractivity contribution is 0.587. The summed E-state index contributed by atoms with van der Waals surface area (Å²) in [5.74, 6) is 0. The highest BCUT2D eigenvalue weighted by Gasteiger charge is 1.99. The van der Waals surface area contributed by atoms with E-state index in [1.807, 2.05) is 6.20 Å². The second-order valence-electron chi connectivity index (χ2n) is 2.59. The fraction of sp³-hybridized carbons (Fsp3) is 0.571. The molecule has 0 atom stereocenters. The van der Waals surface area contributed by atoms with Gasteiger partial charge in [-0.25, -0.2) is 4.98 Å². The molecular weight excluding hydrogens is 224 g/mol. The zero-order valence-corrected chi connectivity index (χ0v) is 9.00. The standard InChI is InChI=1S/C7H11BrN2S/c1-5(2)9-4-7-10-3-6(8)11-7/h3,5,9H,4H2,1-2H3. The molecule has 0 aliphatic carbocycles. The van der Waals surface area contributed by atoms with Crippen LogP contribution in [-0.2, 0) is 6.54 Å².